The predicted octanol–water partition coefficient (Wildman–Crippen LogP) is 1.33. The van der Waals surface area contributed by atoms with Gasteiger partial charge >= 0.3 is 0 Å². The molecule has 2 rings (SSSR count). The van der Waals surface area contributed by atoms with Crippen LogP contribution in [0, 0.1) is 5.92 Å². The standard InChI is InChI=1S/C16H24N2O3/c1-2-6-14-15(11-18(9-10-19)16(14)20)17-21-12-13-7-4-3-5-8-13/h3-5,7-8,14-15,17,19H,2,6,9-12H2,1H3. The first-order valence-corrected chi connectivity index (χ1v) is 7.57. The number of aliphatic hydroxyl groups excluding tert-OH is 1. The van der Waals surface area contributed by atoms with Gasteiger partial charge in [0.2, 0.25) is 5.91 Å². The second-order valence-corrected chi connectivity index (χ2v) is 5.40. The number of hydrogen-bond acceptors (Lipinski definition) is 4. The van der Waals surface area contributed by atoms with Crippen molar-refractivity contribution in [2.45, 2.75) is 32.4 Å². The van der Waals surface area contributed by atoms with Gasteiger partial charge in [-0.25, -0.2) is 0 Å². The van der Waals surface area contributed by atoms with E-state index in [1.807, 2.05) is 30.3 Å². The van der Waals surface area contributed by atoms with Crippen LogP contribution in [-0.4, -0.2) is 41.7 Å². The number of amides is 1. The molecule has 0 aliphatic carbocycles. The summed E-state index contributed by atoms with van der Waals surface area (Å²) in [6, 6.07) is 9.91. The van der Waals surface area contributed by atoms with Crippen LogP contribution in [0.1, 0.15) is 25.3 Å². The third-order valence-corrected chi connectivity index (χ3v) is 3.82. The predicted molar refractivity (Wildman–Crippen MR) is 80.2 cm³/mol. The Kier molecular flexibility index (Phi) is 6.17. The maximum atomic E-state index is 12.2. The van der Waals surface area contributed by atoms with Crippen LogP contribution >= 0.6 is 0 Å². The van der Waals surface area contributed by atoms with E-state index in [-0.39, 0.29) is 24.5 Å². The van der Waals surface area contributed by atoms with Crippen LogP contribution in [-0.2, 0) is 16.2 Å². The molecule has 0 bridgehead atoms. The van der Waals surface area contributed by atoms with E-state index < -0.39 is 0 Å². The molecule has 1 aliphatic rings. The summed E-state index contributed by atoms with van der Waals surface area (Å²) < 4.78 is 0. The molecule has 5 heteroatoms. The average Bonchev–Trinajstić information content (AvgIpc) is 2.78. The third kappa shape index (κ3) is 4.27. The number of carbonyl (C=O) groups is 1. The lowest BCUT2D eigenvalue weighted by atomic mass is 9.98. The zero-order valence-corrected chi connectivity index (χ0v) is 12.5. The first-order valence-electron chi connectivity index (χ1n) is 7.57. The van der Waals surface area contributed by atoms with E-state index >= 15 is 0 Å². The number of likely N-dealkylation sites (tertiary alicyclic amines) is 1. The molecule has 1 aliphatic heterocycles. The fraction of sp³-hybridized carbons (Fsp3) is 0.562. The van der Waals surface area contributed by atoms with Crippen molar-refractivity contribution in [2.75, 3.05) is 19.7 Å². The summed E-state index contributed by atoms with van der Waals surface area (Å²) in [6.45, 7) is 3.55. The zero-order valence-electron chi connectivity index (χ0n) is 12.5. The molecule has 5 nitrogen and oxygen atoms in total. The number of benzene rings is 1. The quantitative estimate of drug-likeness (QED) is 0.710. The third-order valence-electron chi connectivity index (χ3n) is 3.82. The highest BCUT2D eigenvalue weighted by atomic mass is 16.6. The molecule has 0 saturated carbocycles. The molecular formula is C16H24N2O3. The largest absolute Gasteiger partial charge is 0.395 e. The van der Waals surface area contributed by atoms with Crippen molar-refractivity contribution >= 4 is 5.91 Å². The van der Waals surface area contributed by atoms with Crippen LogP contribution in [0.25, 0.3) is 0 Å². The van der Waals surface area contributed by atoms with Gasteiger partial charge in [-0.15, -0.1) is 0 Å². The first-order chi connectivity index (χ1) is 10.3. The van der Waals surface area contributed by atoms with Crippen LogP contribution in [0.5, 0.6) is 0 Å². The van der Waals surface area contributed by atoms with E-state index in [0.29, 0.717) is 19.7 Å². The van der Waals surface area contributed by atoms with Crippen LogP contribution in [0.15, 0.2) is 30.3 Å². The maximum absolute atomic E-state index is 12.2. The topological polar surface area (TPSA) is 61.8 Å². The van der Waals surface area contributed by atoms with Crippen LogP contribution < -0.4 is 5.48 Å². The molecule has 0 spiro atoms. The average molecular weight is 292 g/mol. The number of rotatable bonds is 8. The van der Waals surface area contributed by atoms with Crippen molar-refractivity contribution in [1.29, 1.82) is 0 Å². The van der Waals surface area contributed by atoms with Gasteiger partial charge in [0.1, 0.15) is 0 Å². The number of nitrogens with one attached hydrogen (secondary N) is 1. The van der Waals surface area contributed by atoms with E-state index in [4.69, 9.17) is 9.94 Å². The number of hydrogen-bond donors (Lipinski definition) is 2. The molecule has 2 atom stereocenters. The number of aliphatic hydroxyl groups is 1. The molecule has 1 fully saturated rings. The van der Waals surface area contributed by atoms with Crippen LogP contribution in [0.3, 0.4) is 0 Å². The van der Waals surface area contributed by atoms with Gasteiger partial charge in [-0.2, -0.15) is 5.48 Å². The second kappa shape index (κ2) is 8.12. The zero-order chi connectivity index (χ0) is 15.1. The summed E-state index contributed by atoms with van der Waals surface area (Å²) in [6.07, 6.45) is 1.80. The molecule has 1 saturated heterocycles. The Labute approximate surface area is 125 Å². The van der Waals surface area contributed by atoms with Gasteiger partial charge in [-0.1, -0.05) is 43.7 Å². The van der Waals surface area contributed by atoms with Crippen molar-refractivity contribution in [3.8, 4) is 0 Å². The van der Waals surface area contributed by atoms with Gasteiger partial charge in [0.25, 0.3) is 0 Å². The van der Waals surface area contributed by atoms with E-state index in [1.54, 1.807) is 4.90 Å². The summed E-state index contributed by atoms with van der Waals surface area (Å²) in [5.41, 5.74) is 4.13. The fourth-order valence-corrected chi connectivity index (χ4v) is 2.74. The van der Waals surface area contributed by atoms with Crippen molar-refractivity contribution in [1.82, 2.24) is 10.4 Å². The fourth-order valence-electron chi connectivity index (χ4n) is 2.74. The molecule has 0 radical (unpaired) electrons. The summed E-state index contributed by atoms with van der Waals surface area (Å²) in [4.78, 5) is 19.5. The van der Waals surface area contributed by atoms with Gasteiger partial charge in [0.15, 0.2) is 0 Å². The molecule has 1 amide bonds. The molecular weight excluding hydrogens is 268 g/mol. The Morgan fingerprint density at radius 2 is 2.14 bits per heavy atom. The summed E-state index contributed by atoms with van der Waals surface area (Å²) in [7, 11) is 0. The minimum atomic E-state index is -0.0580. The molecule has 2 N–H and O–H groups in total. The van der Waals surface area contributed by atoms with Gasteiger partial charge in [-0.05, 0) is 12.0 Å². The highest BCUT2D eigenvalue weighted by Gasteiger charge is 2.39. The van der Waals surface area contributed by atoms with Gasteiger partial charge < -0.3 is 10.0 Å². The smallest absolute Gasteiger partial charge is 0.227 e. The molecule has 1 heterocycles. The van der Waals surface area contributed by atoms with Crippen molar-refractivity contribution in [3.05, 3.63) is 35.9 Å². The number of carbonyl (C=O) groups excluding carboxylic acids is 1. The van der Waals surface area contributed by atoms with E-state index in [2.05, 4.69) is 12.4 Å². The molecule has 21 heavy (non-hydrogen) atoms. The first kappa shape index (κ1) is 15.9. The van der Waals surface area contributed by atoms with Crippen LogP contribution in [0.2, 0.25) is 0 Å². The minimum Gasteiger partial charge on any atom is -0.395 e. The highest BCUT2D eigenvalue weighted by Crippen LogP contribution is 2.23. The maximum Gasteiger partial charge on any atom is 0.227 e. The Bertz CT molecular complexity index is 438. The SMILES string of the molecule is CCCC1C(=O)N(CCO)CC1NOCc1ccccc1. The molecule has 1 aromatic carbocycles. The molecule has 1 aromatic rings. The second-order valence-electron chi connectivity index (χ2n) is 5.40. The van der Waals surface area contributed by atoms with Crippen molar-refractivity contribution < 1.29 is 14.7 Å². The molecule has 116 valence electrons. The Hall–Kier alpha value is -1.43. The summed E-state index contributed by atoms with van der Waals surface area (Å²) >= 11 is 0. The summed E-state index contributed by atoms with van der Waals surface area (Å²) in [5.74, 6) is 0.0593. The Balaban J connectivity index is 1.86. The van der Waals surface area contributed by atoms with Gasteiger partial charge in [-0.3, -0.25) is 9.63 Å². The van der Waals surface area contributed by atoms with Crippen molar-refractivity contribution in [3.63, 3.8) is 0 Å². The number of β-amino-alcohol motifs (C(OH)–C–C–N with tert-alkyl or cyclic N) is 1. The lowest BCUT2D eigenvalue weighted by molar-refractivity contribution is -0.132. The minimum absolute atomic E-state index is 0.00216. The lowest BCUT2D eigenvalue weighted by Crippen LogP contribution is -2.36. The Morgan fingerprint density at radius 1 is 1.38 bits per heavy atom. The number of hydroxylamine groups is 1. The monoisotopic (exact) mass is 292 g/mol. The van der Waals surface area contributed by atoms with E-state index in [9.17, 15) is 4.79 Å². The molecule has 0 aromatic heterocycles. The van der Waals surface area contributed by atoms with Crippen molar-refractivity contribution in [2.24, 2.45) is 5.92 Å². The number of nitrogens with zero attached hydrogens (tertiary/aromatic N) is 1. The van der Waals surface area contributed by atoms with Gasteiger partial charge in [0.05, 0.1) is 25.2 Å². The lowest BCUT2D eigenvalue weighted by Gasteiger charge is -2.17. The normalized spacial score (nSPS) is 22.0. The summed E-state index contributed by atoms with van der Waals surface area (Å²) in [5, 5.41) is 9.03. The van der Waals surface area contributed by atoms with Gasteiger partial charge in [0, 0.05) is 13.1 Å². The van der Waals surface area contributed by atoms with Crippen LogP contribution in [0.4, 0.5) is 0 Å². The molecule has 2 unspecified atom stereocenters. The highest BCUT2D eigenvalue weighted by molar-refractivity contribution is 5.82. The Morgan fingerprint density at radius 3 is 2.81 bits per heavy atom. The van der Waals surface area contributed by atoms with E-state index in [0.717, 1.165) is 18.4 Å². The van der Waals surface area contributed by atoms with E-state index in [1.165, 1.54) is 0 Å².